The summed E-state index contributed by atoms with van der Waals surface area (Å²) < 4.78 is 27.1. The molecule has 1 saturated carbocycles. The lowest BCUT2D eigenvalue weighted by Crippen LogP contribution is -2.00. The molecular weight excluding hydrogens is 377 g/mol. The van der Waals surface area contributed by atoms with Gasteiger partial charge in [0.25, 0.3) is 0 Å². The van der Waals surface area contributed by atoms with Crippen LogP contribution in [0, 0.1) is 5.82 Å². The van der Waals surface area contributed by atoms with E-state index in [0.29, 0.717) is 33.1 Å². The highest BCUT2D eigenvalue weighted by Crippen LogP contribution is 2.45. The molecule has 9 heteroatoms. The Kier molecular flexibility index (Phi) is 3.73. The number of fused-ring (bicyclic) bond motifs is 2. The molecule has 1 aliphatic carbocycles. The first-order chi connectivity index (χ1) is 14.0. The normalized spacial score (nSPS) is 13.9. The van der Waals surface area contributed by atoms with Crippen molar-refractivity contribution in [2.75, 3.05) is 20.0 Å². The Labute approximate surface area is 164 Å². The molecule has 0 unspecified atom stereocenters. The van der Waals surface area contributed by atoms with Crippen molar-refractivity contribution in [2.45, 2.75) is 18.9 Å². The maximum atomic E-state index is 15.0. The van der Waals surface area contributed by atoms with Crippen molar-refractivity contribution >= 4 is 27.5 Å². The molecule has 0 amide bonds. The zero-order chi connectivity index (χ0) is 20.3. The SMILES string of the molecule is COc1ncc(-c2c(F)ccc3c(N)c4c(O)n(C5CC5)cc4nc23)c(OC)n1. The predicted molar refractivity (Wildman–Crippen MR) is 106 cm³/mol. The van der Waals surface area contributed by atoms with E-state index < -0.39 is 5.82 Å². The van der Waals surface area contributed by atoms with Gasteiger partial charge in [-0.3, -0.25) is 0 Å². The summed E-state index contributed by atoms with van der Waals surface area (Å²) in [5.41, 5.74) is 8.07. The van der Waals surface area contributed by atoms with Gasteiger partial charge in [-0.1, -0.05) is 0 Å². The van der Waals surface area contributed by atoms with Crippen LogP contribution in [-0.4, -0.2) is 38.8 Å². The molecule has 0 radical (unpaired) electrons. The number of nitrogens with zero attached hydrogens (tertiary/aromatic N) is 4. The van der Waals surface area contributed by atoms with Crippen LogP contribution in [0.25, 0.3) is 32.9 Å². The number of nitrogens with two attached hydrogens (primary N) is 1. The zero-order valence-corrected chi connectivity index (χ0v) is 15.8. The van der Waals surface area contributed by atoms with Crippen LogP contribution in [0.1, 0.15) is 18.9 Å². The van der Waals surface area contributed by atoms with Crippen molar-refractivity contribution in [1.82, 2.24) is 19.5 Å². The molecule has 4 aromatic rings. The molecular formula is C20H18FN5O3. The number of pyridine rings is 1. The van der Waals surface area contributed by atoms with E-state index in [1.807, 2.05) is 0 Å². The molecule has 3 aromatic heterocycles. The van der Waals surface area contributed by atoms with Gasteiger partial charge in [0.2, 0.25) is 11.8 Å². The van der Waals surface area contributed by atoms with Gasteiger partial charge in [-0.2, -0.15) is 4.98 Å². The van der Waals surface area contributed by atoms with Crippen LogP contribution in [0.15, 0.2) is 24.5 Å². The largest absolute Gasteiger partial charge is 0.494 e. The van der Waals surface area contributed by atoms with E-state index >= 15 is 0 Å². The van der Waals surface area contributed by atoms with Gasteiger partial charge in [0.05, 0.1) is 47.5 Å². The van der Waals surface area contributed by atoms with Gasteiger partial charge in [0.1, 0.15) is 5.82 Å². The Bertz CT molecular complexity index is 1280. The average Bonchev–Trinajstić information content (AvgIpc) is 3.51. The fourth-order valence-corrected chi connectivity index (χ4v) is 3.66. The Morgan fingerprint density at radius 2 is 2.00 bits per heavy atom. The first-order valence-corrected chi connectivity index (χ1v) is 9.10. The first kappa shape index (κ1) is 17.5. The number of rotatable bonds is 4. The van der Waals surface area contributed by atoms with Gasteiger partial charge in [-0.05, 0) is 25.0 Å². The summed E-state index contributed by atoms with van der Waals surface area (Å²) in [6, 6.07) is 3.21. The lowest BCUT2D eigenvalue weighted by atomic mass is 10.0. The molecule has 0 spiro atoms. The van der Waals surface area contributed by atoms with E-state index in [0.717, 1.165) is 12.8 Å². The quantitative estimate of drug-likeness (QED) is 0.545. The standard InChI is InChI=1S/C20H18FN5O3/c1-28-18-11(7-23-20(25-18)29-2)14-12(21)6-5-10-16(22)15-13(24-17(10)14)8-26(19(15)27)9-3-4-9/h5-9,27H,3-4,22H2,1-2H3. The second kappa shape index (κ2) is 6.20. The minimum absolute atomic E-state index is 0.0886. The Morgan fingerprint density at radius 3 is 2.69 bits per heavy atom. The highest BCUT2D eigenvalue weighted by molar-refractivity contribution is 6.12. The van der Waals surface area contributed by atoms with Gasteiger partial charge in [0.15, 0.2) is 0 Å². The number of anilines is 1. The number of halogens is 1. The topological polar surface area (TPSA) is 108 Å². The summed E-state index contributed by atoms with van der Waals surface area (Å²) in [5, 5.41) is 11.6. The summed E-state index contributed by atoms with van der Waals surface area (Å²) in [5.74, 6) is -0.269. The van der Waals surface area contributed by atoms with E-state index in [1.54, 1.807) is 16.8 Å². The van der Waals surface area contributed by atoms with Crippen molar-refractivity contribution < 1.29 is 19.0 Å². The first-order valence-electron chi connectivity index (χ1n) is 9.10. The molecule has 29 heavy (non-hydrogen) atoms. The summed E-state index contributed by atoms with van der Waals surface area (Å²) in [4.78, 5) is 12.9. The van der Waals surface area contributed by atoms with Gasteiger partial charge < -0.3 is 24.9 Å². The zero-order valence-electron chi connectivity index (χ0n) is 15.8. The number of aromatic nitrogens is 4. The maximum Gasteiger partial charge on any atom is 0.319 e. The molecule has 0 atom stereocenters. The highest BCUT2D eigenvalue weighted by atomic mass is 19.1. The molecule has 0 aliphatic heterocycles. The fraction of sp³-hybridized carbons (Fsp3) is 0.250. The number of nitrogen functional groups attached to an aromatic ring is 1. The third-order valence-corrected chi connectivity index (χ3v) is 5.22. The second-order valence-electron chi connectivity index (χ2n) is 6.98. The Balaban J connectivity index is 1.85. The maximum absolute atomic E-state index is 15.0. The molecule has 148 valence electrons. The number of ether oxygens (including phenoxy) is 2. The molecule has 1 fully saturated rings. The number of methoxy groups -OCH3 is 2. The minimum Gasteiger partial charge on any atom is -0.494 e. The highest BCUT2D eigenvalue weighted by Gasteiger charge is 2.29. The number of benzene rings is 1. The Hall–Kier alpha value is -3.62. The van der Waals surface area contributed by atoms with E-state index in [4.69, 9.17) is 15.2 Å². The van der Waals surface area contributed by atoms with Crippen molar-refractivity contribution in [3.8, 4) is 28.9 Å². The van der Waals surface area contributed by atoms with E-state index in [-0.39, 0.29) is 29.4 Å². The summed E-state index contributed by atoms with van der Waals surface area (Å²) in [7, 11) is 2.87. The number of aromatic hydroxyl groups is 1. The van der Waals surface area contributed by atoms with Crippen molar-refractivity contribution in [1.29, 1.82) is 0 Å². The van der Waals surface area contributed by atoms with Gasteiger partial charge in [-0.15, -0.1) is 0 Å². The Morgan fingerprint density at radius 1 is 1.21 bits per heavy atom. The predicted octanol–water partition coefficient (Wildman–Crippen LogP) is 3.43. The summed E-state index contributed by atoms with van der Waals surface area (Å²) >= 11 is 0. The fourth-order valence-electron chi connectivity index (χ4n) is 3.66. The van der Waals surface area contributed by atoms with Gasteiger partial charge in [-0.25, -0.2) is 14.4 Å². The van der Waals surface area contributed by atoms with Gasteiger partial charge in [0, 0.05) is 23.8 Å². The number of hydrogen-bond donors (Lipinski definition) is 2. The third-order valence-electron chi connectivity index (χ3n) is 5.22. The van der Waals surface area contributed by atoms with Crippen molar-refractivity contribution in [2.24, 2.45) is 0 Å². The molecule has 3 N–H and O–H groups in total. The van der Waals surface area contributed by atoms with Crippen LogP contribution in [0.4, 0.5) is 10.1 Å². The summed E-state index contributed by atoms with van der Waals surface area (Å²) in [6.45, 7) is 0. The number of hydrogen-bond acceptors (Lipinski definition) is 7. The smallest absolute Gasteiger partial charge is 0.319 e. The van der Waals surface area contributed by atoms with Gasteiger partial charge >= 0.3 is 6.01 Å². The molecule has 1 aromatic carbocycles. The molecule has 0 bridgehead atoms. The minimum atomic E-state index is -0.512. The van der Waals surface area contributed by atoms with E-state index in [9.17, 15) is 9.50 Å². The third kappa shape index (κ3) is 2.54. The van der Waals surface area contributed by atoms with Crippen LogP contribution in [0.2, 0.25) is 0 Å². The van der Waals surface area contributed by atoms with Crippen LogP contribution >= 0.6 is 0 Å². The molecule has 1 aliphatic rings. The van der Waals surface area contributed by atoms with E-state index in [1.165, 1.54) is 26.5 Å². The van der Waals surface area contributed by atoms with Crippen LogP contribution in [-0.2, 0) is 0 Å². The molecule has 0 saturated heterocycles. The van der Waals surface area contributed by atoms with E-state index in [2.05, 4.69) is 15.0 Å². The van der Waals surface area contributed by atoms with Crippen LogP contribution < -0.4 is 15.2 Å². The monoisotopic (exact) mass is 395 g/mol. The lowest BCUT2D eigenvalue weighted by molar-refractivity contribution is 0.353. The van der Waals surface area contributed by atoms with Crippen LogP contribution in [0.3, 0.4) is 0 Å². The second-order valence-corrected chi connectivity index (χ2v) is 6.98. The van der Waals surface area contributed by atoms with Crippen LogP contribution in [0.5, 0.6) is 17.8 Å². The average molecular weight is 395 g/mol. The molecule has 5 rings (SSSR count). The molecule has 8 nitrogen and oxygen atoms in total. The molecule has 3 heterocycles. The lowest BCUT2D eigenvalue weighted by Gasteiger charge is -2.13. The van der Waals surface area contributed by atoms with Crippen molar-refractivity contribution in [3.05, 3.63) is 30.3 Å². The summed E-state index contributed by atoms with van der Waals surface area (Å²) in [6.07, 6.45) is 5.18. The van der Waals surface area contributed by atoms with Crippen molar-refractivity contribution in [3.63, 3.8) is 0 Å².